The van der Waals surface area contributed by atoms with E-state index in [1.807, 2.05) is 6.92 Å². The number of rotatable bonds is 5. The van der Waals surface area contributed by atoms with Gasteiger partial charge in [0.05, 0.1) is 23.5 Å². The molecule has 0 bridgehead atoms. The van der Waals surface area contributed by atoms with E-state index in [9.17, 15) is 8.42 Å². The van der Waals surface area contributed by atoms with E-state index in [1.165, 1.54) is 11.8 Å². The van der Waals surface area contributed by atoms with Crippen molar-refractivity contribution in [3.63, 3.8) is 0 Å². The number of aromatic nitrogens is 2. The van der Waals surface area contributed by atoms with E-state index in [2.05, 4.69) is 16.3 Å². The van der Waals surface area contributed by atoms with Gasteiger partial charge in [0.1, 0.15) is 0 Å². The molecule has 0 spiro atoms. The van der Waals surface area contributed by atoms with Crippen molar-refractivity contribution >= 4 is 21.6 Å². The lowest BCUT2D eigenvalue weighted by molar-refractivity contribution is 0.389. The first-order valence-corrected chi connectivity index (χ1v) is 8.84. The summed E-state index contributed by atoms with van der Waals surface area (Å²) >= 11 is 1.35. The van der Waals surface area contributed by atoms with Crippen LogP contribution in [0.5, 0.6) is 0 Å². The van der Waals surface area contributed by atoms with Crippen LogP contribution in [0.25, 0.3) is 0 Å². The second-order valence-electron chi connectivity index (χ2n) is 4.78. The third-order valence-corrected chi connectivity index (χ3v) is 5.83. The minimum absolute atomic E-state index is 0.0691. The van der Waals surface area contributed by atoms with Crippen LogP contribution >= 0.6 is 11.8 Å². The van der Waals surface area contributed by atoms with Gasteiger partial charge in [0.25, 0.3) is 5.22 Å². The predicted molar refractivity (Wildman–Crippen MR) is 70.3 cm³/mol. The molecule has 2 atom stereocenters. The fraction of sp³-hybridized carbons (Fsp3) is 0.727. The molecular formula is C11H15N3O3S2. The van der Waals surface area contributed by atoms with Gasteiger partial charge in [-0.15, -0.1) is 10.2 Å². The van der Waals surface area contributed by atoms with Gasteiger partial charge in [0, 0.05) is 12.2 Å². The van der Waals surface area contributed by atoms with Crippen molar-refractivity contribution in [3.05, 3.63) is 5.89 Å². The summed E-state index contributed by atoms with van der Waals surface area (Å²) in [5, 5.41) is 16.9. The first-order valence-electron chi connectivity index (χ1n) is 6.04. The van der Waals surface area contributed by atoms with E-state index in [1.54, 1.807) is 0 Å². The number of sulfone groups is 1. The van der Waals surface area contributed by atoms with Crippen molar-refractivity contribution < 1.29 is 12.8 Å². The van der Waals surface area contributed by atoms with Crippen molar-refractivity contribution in [3.8, 4) is 6.07 Å². The fourth-order valence-corrected chi connectivity index (χ4v) is 4.48. The van der Waals surface area contributed by atoms with Gasteiger partial charge in [-0.05, 0) is 19.3 Å². The van der Waals surface area contributed by atoms with Gasteiger partial charge in [0.2, 0.25) is 5.89 Å². The Morgan fingerprint density at radius 1 is 1.58 bits per heavy atom. The number of hydrogen-bond acceptors (Lipinski definition) is 7. The van der Waals surface area contributed by atoms with Gasteiger partial charge >= 0.3 is 0 Å². The largest absolute Gasteiger partial charge is 0.416 e. The molecule has 1 saturated heterocycles. The Labute approximate surface area is 116 Å². The zero-order valence-electron chi connectivity index (χ0n) is 10.6. The highest BCUT2D eigenvalue weighted by Crippen LogP contribution is 2.24. The second kappa shape index (κ2) is 5.92. The Hall–Kier alpha value is -1.07. The van der Waals surface area contributed by atoms with Crippen molar-refractivity contribution in [1.82, 2.24) is 10.2 Å². The standard InChI is InChI=1S/C11H15N3O3S2/c1-8(5-12)6-18-11-14-13-10(17-11)4-9-2-3-19(15,16)7-9/h8-9H,2-4,6-7H2,1H3/t8-,9-/m1/s1. The number of hydrogen-bond donors (Lipinski definition) is 0. The summed E-state index contributed by atoms with van der Waals surface area (Å²) in [6, 6.07) is 2.13. The van der Waals surface area contributed by atoms with Crippen LogP contribution in [0.15, 0.2) is 9.64 Å². The summed E-state index contributed by atoms with van der Waals surface area (Å²) in [6.07, 6.45) is 1.18. The molecule has 0 saturated carbocycles. The molecule has 104 valence electrons. The summed E-state index contributed by atoms with van der Waals surface area (Å²) in [6.45, 7) is 1.83. The summed E-state index contributed by atoms with van der Waals surface area (Å²) in [4.78, 5) is 0. The highest BCUT2D eigenvalue weighted by Gasteiger charge is 2.29. The predicted octanol–water partition coefficient (Wildman–Crippen LogP) is 1.30. The van der Waals surface area contributed by atoms with E-state index in [-0.39, 0.29) is 23.3 Å². The average Bonchev–Trinajstić information content (AvgIpc) is 2.93. The number of nitriles is 1. The fourth-order valence-electron chi connectivity index (χ4n) is 1.89. The van der Waals surface area contributed by atoms with Crippen molar-refractivity contribution in [2.45, 2.75) is 25.0 Å². The zero-order chi connectivity index (χ0) is 13.9. The second-order valence-corrected chi connectivity index (χ2v) is 7.98. The summed E-state index contributed by atoms with van der Waals surface area (Å²) in [7, 11) is -2.86. The molecule has 1 aliphatic heterocycles. The molecule has 2 rings (SSSR count). The summed E-state index contributed by atoms with van der Waals surface area (Å²) in [5.74, 6) is 1.57. The highest BCUT2D eigenvalue weighted by atomic mass is 32.2. The van der Waals surface area contributed by atoms with Crippen LogP contribution in [-0.4, -0.2) is 35.9 Å². The molecule has 0 aliphatic carbocycles. The van der Waals surface area contributed by atoms with E-state index in [4.69, 9.17) is 9.68 Å². The highest BCUT2D eigenvalue weighted by molar-refractivity contribution is 7.99. The minimum Gasteiger partial charge on any atom is -0.416 e. The van der Waals surface area contributed by atoms with E-state index in [0.29, 0.717) is 29.7 Å². The van der Waals surface area contributed by atoms with Crippen LogP contribution in [0.3, 0.4) is 0 Å². The van der Waals surface area contributed by atoms with Crippen LogP contribution in [0.2, 0.25) is 0 Å². The summed E-state index contributed by atoms with van der Waals surface area (Å²) in [5.41, 5.74) is 0. The van der Waals surface area contributed by atoms with Gasteiger partial charge in [-0.3, -0.25) is 0 Å². The van der Waals surface area contributed by atoms with Crippen molar-refractivity contribution in [2.24, 2.45) is 11.8 Å². The SMILES string of the molecule is C[C@H](C#N)CSc1nnc(C[C@H]2CCS(=O)(=O)C2)o1. The van der Waals surface area contributed by atoms with Crippen LogP contribution in [-0.2, 0) is 16.3 Å². The Morgan fingerprint density at radius 3 is 3.00 bits per heavy atom. The maximum atomic E-state index is 11.3. The molecule has 6 nitrogen and oxygen atoms in total. The lowest BCUT2D eigenvalue weighted by Gasteiger charge is -2.01. The molecular weight excluding hydrogens is 286 g/mol. The third kappa shape index (κ3) is 4.21. The molecule has 1 fully saturated rings. The Kier molecular flexibility index (Phi) is 4.47. The van der Waals surface area contributed by atoms with Crippen molar-refractivity contribution in [1.29, 1.82) is 5.26 Å². The molecule has 1 aliphatic rings. The number of thioether (sulfide) groups is 1. The lowest BCUT2D eigenvalue weighted by atomic mass is 10.1. The smallest absolute Gasteiger partial charge is 0.276 e. The van der Waals surface area contributed by atoms with Gasteiger partial charge in [-0.1, -0.05) is 11.8 Å². The monoisotopic (exact) mass is 301 g/mol. The molecule has 1 aromatic rings. The maximum Gasteiger partial charge on any atom is 0.276 e. The van der Waals surface area contributed by atoms with Crippen LogP contribution in [0.4, 0.5) is 0 Å². The first kappa shape index (κ1) is 14.3. The molecule has 2 heterocycles. The van der Waals surface area contributed by atoms with E-state index in [0.717, 1.165) is 0 Å². The van der Waals surface area contributed by atoms with E-state index >= 15 is 0 Å². The molecule has 0 unspecified atom stereocenters. The number of nitrogens with zero attached hydrogens (tertiary/aromatic N) is 3. The molecule has 0 aromatic carbocycles. The normalized spacial score (nSPS) is 23.1. The molecule has 8 heteroatoms. The minimum atomic E-state index is -2.86. The van der Waals surface area contributed by atoms with Crippen LogP contribution in [0, 0.1) is 23.2 Å². The Bertz CT molecular complexity index is 576. The van der Waals surface area contributed by atoms with Gasteiger partial charge < -0.3 is 4.42 Å². The topological polar surface area (TPSA) is 96.9 Å². The van der Waals surface area contributed by atoms with Crippen LogP contribution < -0.4 is 0 Å². The van der Waals surface area contributed by atoms with Gasteiger partial charge in [-0.25, -0.2) is 8.42 Å². The summed E-state index contributed by atoms with van der Waals surface area (Å²) < 4.78 is 28.1. The van der Waals surface area contributed by atoms with Gasteiger partial charge in [0.15, 0.2) is 9.84 Å². The maximum absolute atomic E-state index is 11.3. The molecule has 0 radical (unpaired) electrons. The zero-order valence-corrected chi connectivity index (χ0v) is 12.2. The van der Waals surface area contributed by atoms with Gasteiger partial charge in [-0.2, -0.15) is 5.26 Å². The van der Waals surface area contributed by atoms with Crippen molar-refractivity contribution in [2.75, 3.05) is 17.3 Å². The molecule has 1 aromatic heterocycles. The van der Waals surface area contributed by atoms with Crippen LogP contribution in [0.1, 0.15) is 19.2 Å². The van der Waals surface area contributed by atoms with E-state index < -0.39 is 9.84 Å². The molecule has 19 heavy (non-hydrogen) atoms. The molecule has 0 N–H and O–H groups in total. The Balaban J connectivity index is 1.86. The third-order valence-electron chi connectivity index (χ3n) is 2.92. The Morgan fingerprint density at radius 2 is 2.37 bits per heavy atom. The lowest BCUT2D eigenvalue weighted by Crippen LogP contribution is -2.07. The quantitative estimate of drug-likeness (QED) is 0.756. The first-order chi connectivity index (χ1) is 8.98. The average molecular weight is 301 g/mol. The molecule has 0 amide bonds.